The molecule has 0 radical (unpaired) electrons. The molecule has 9 nitrogen and oxygen atoms in total. The van der Waals surface area contributed by atoms with Gasteiger partial charge in [0.05, 0.1) is 17.5 Å². The number of nitrogens with zero attached hydrogens (tertiary/aromatic N) is 4. The third-order valence-corrected chi connectivity index (χ3v) is 7.78. The molecule has 2 aliphatic heterocycles. The highest BCUT2D eigenvalue weighted by Crippen LogP contribution is 2.36. The fourth-order valence-corrected chi connectivity index (χ4v) is 5.44. The van der Waals surface area contributed by atoms with E-state index in [1.165, 1.54) is 0 Å². The monoisotopic (exact) mass is 550 g/mol. The van der Waals surface area contributed by atoms with Crippen molar-refractivity contribution in [2.45, 2.75) is 51.1 Å². The maximum Gasteiger partial charge on any atom is 0.242 e. The second-order valence-electron chi connectivity index (χ2n) is 10.6. The van der Waals surface area contributed by atoms with Crippen LogP contribution in [0.2, 0.25) is 0 Å². The third kappa shape index (κ3) is 6.35. The van der Waals surface area contributed by atoms with E-state index in [1.807, 2.05) is 36.5 Å². The number of hydrogen-bond acceptors (Lipinski definition) is 5. The van der Waals surface area contributed by atoms with Crippen molar-refractivity contribution in [2.75, 3.05) is 19.6 Å². The first-order valence-corrected chi connectivity index (χ1v) is 13.5. The van der Waals surface area contributed by atoms with Crippen LogP contribution in [0.4, 0.5) is 8.78 Å². The first-order chi connectivity index (χ1) is 19.3. The molecule has 210 valence electrons. The number of nitrogens with one attached hydrogen (secondary N) is 2. The van der Waals surface area contributed by atoms with Crippen LogP contribution in [-0.2, 0) is 40.2 Å². The Labute approximate surface area is 230 Å². The number of benzene rings is 2. The molecule has 0 aliphatic carbocycles. The van der Waals surface area contributed by atoms with Crippen LogP contribution in [0.3, 0.4) is 0 Å². The lowest BCUT2D eigenvalue weighted by Gasteiger charge is -2.41. The highest BCUT2D eigenvalue weighted by Gasteiger charge is 2.44. The highest BCUT2D eigenvalue weighted by atomic mass is 19.1. The van der Waals surface area contributed by atoms with Gasteiger partial charge >= 0.3 is 0 Å². The molecule has 5 rings (SSSR count). The van der Waals surface area contributed by atoms with Gasteiger partial charge < -0.3 is 15.5 Å². The summed E-state index contributed by atoms with van der Waals surface area (Å²) >= 11 is 0. The summed E-state index contributed by atoms with van der Waals surface area (Å²) in [4.78, 5) is 41.7. The Morgan fingerprint density at radius 3 is 2.60 bits per heavy atom. The van der Waals surface area contributed by atoms with E-state index >= 15 is 0 Å². The van der Waals surface area contributed by atoms with Gasteiger partial charge in [0, 0.05) is 50.8 Å². The maximum absolute atomic E-state index is 14.1. The highest BCUT2D eigenvalue weighted by molar-refractivity contribution is 5.91. The predicted molar refractivity (Wildman–Crippen MR) is 142 cm³/mol. The van der Waals surface area contributed by atoms with Gasteiger partial charge in [-0.25, -0.2) is 8.78 Å². The molecule has 1 atom stereocenters. The summed E-state index contributed by atoms with van der Waals surface area (Å²) in [5.41, 5.74) is 0.657. The van der Waals surface area contributed by atoms with Crippen molar-refractivity contribution >= 4 is 17.7 Å². The zero-order chi connectivity index (χ0) is 28.1. The van der Waals surface area contributed by atoms with Gasteiger partial charge in [0.15, 0.2) is 0 Å². The SMILES string of the molecule is O=C1NCCCn2cc(nn2)CC2(CCN(C(=O)Cc3cc(F)ccc3F)CC2)C(=O)N[C@H]1Cc1ccccc1. The van der Waals surface area contributed by atoms with Gasteiger partial charge in [0.25, 0.3) is 0 Å². The van der Waals surface area contributed by atoms with E-state index in [4.69, 9.17) is 0 Å². The molecule has 2 bridgehead atoms. The van der Waals surface area contributed by atoms with Crippen LogP contribution in [0.1, 0.15) is 36.1 Å². The number of amides is 3. The standard InChI is InChI=1S/C29H32F2N6O3/c30-22-7-8-24(31)21(16-22)17-26(38)36-13-9-29(10-14-36)18-23-19-37(35-34-23)12-4-11-32-27(39)25(33-28(29)40)15-20-5-2-1-3-6-20/h1-3,5-8,16,19,25H,4,9-15,17-18H2,(H,32,39)(H,33,40)/t25-/m0/s1. The van der Waals surface area contributed by atoms with Crippen LogP contribution in [0.15, 0.2) is 54.7 Å². The number of piperidine rings is 1. The van der Waals surface area contributed by atoms with Gasteiger partial charge in [-0.15, -0.1) is 5.10 Å². The average Bonchev–Trinajstić information content (AvgIpc) is 3.40. The van der Waals surface area contributed by atoms with Crippen LogP contribution >= 0.6 is 0 Å². The molecule has 1 saturated heterocycles. The topological polar surface area (TPSA) is 109 Å². The third-order valence-electron chi connectivity index (χ3n) is 7.78. The number of carbonyl (C=O) groups is 3. The molecule has 11 heteroatoms. The van der Waals surface area contributed by atoms with Crippen molar-refractivity contribution < 1.29 is 23.2 Å². The lowest BCUT2D eigenvalue weighted by atomic mass is 9.73. The Bertz CT molecular complexity index is 1370. The fraction of sp³-hybridized carbons (Fsp3) is 0.414. The van der Waals surface area contributed by atoms with E-state index in [1.54, 1.807) is 9.58 Å². The van der Waals surface area contributed by atoms with Gasteiger partial charge in [-0.1, -0.05) is 35.5 Å². The van der Waals surface area contributed by atoms with Crippen LogP contribution in [0.25, 0.3) is 0 Å². The molecule has 1 fully saturated rings. The predicted octanol–water partition coefficient (Wildman–Crippen LogP) is 2.20. The van der Waals surface area contributed by atoms with E-state index in [0.29, 0.717) is 50.9 Å². The van der Waals surface area contributed by atoms with Crippen LogP contribution in [0.5, 0.6) is 0 Å². The van der Waals surface area contributed by atoms with Gasteiger partial charge in [0.2, 0.25) is 17.7 Å². The molecule has 2 aliphatic rings. The van der Waals surface area contributed by atoms with Crippen molar-refractivity contribution in [2.24, 2.45) is 5.41 Å². The van der Waals surface area contributed by atoms with E-state index in [2.05, 4.69) is 20.9 Å². The molecule has 40 heavy (non-hydrogen) atoms. The quantitative estimate of drug-likeness (QED) is 0.518. The minimum atomic E-state index is -0.926. The van der Waals surface area contributed by atoms with Gasteiger partial charge in [-0.2, -0.15) is 0 Å². The second-order valence-corrected chi connectivity index (χ2v) is 10.6. The molecule has 0 saturated carbocycles. The molecule has 3 aromatic rings. The average molecular weight is 551 g/mol. The van der Waals surface area contributed by atoms with Crippen molar-refractivity contribution in [1.82, 2.24) is 30.5 Å². The van der Waals surface area contributed by atoms with E-state index < -0.39 is 23.1 Å². The molecule has 3 heterocycles. The lowest BCUT2D eigenvalue weighted by Crippen LogP contribution is -2.56. The van der Waals surface area contributed by atoms with Gasteiger partial charge in [-0.05, 0) is 43.0 Å². The van der Waals surface area contributed by atoms with E-state index in [-0.39, 0.29) is 42.8 Å². The molecule has 1 spiro atoms. The van der Waals surface area contributed by atoms with Gasteiger partial charge in [0.1, 0.15) is 17.7 Å². The van der Waals surface area contributed by atoms with Crippen LogP contribution in [0, 0.1) is 17.0 Å². The number of aryl methyl sites for hydroxylation is 1. The Balaban J connectivity index is 1.36. The zero-order valence-corrected chi connectivity index (χ0v) is 22.1. The van der Waals surface area contributed by atoms with Crippen molar-refractivity contribution in [3.63, 3.8) is 0 Å². The number of likely N-dealkylation sites (tertiary alicyclic amines) is 1. The second kappa shape index (κ2) is 11.9. The number of rotatable bonds is 4. The molecule has 2 aromatic carbocycles. The van der Waals surface area contributed by atoms with Crippen molar-refractivity contribution in [3.05, 3.63) is 83.2 Å². The van der Waals surface area contributed by atoms with Crippen LogP contribution < -0.4 is 10.6 Å². The number of halogens is 2. The molecule has 2 N–H and O–H groups in total. The first kappa shape index (κ1) is 27.4. The number of fused-ring (bicyclic) bond motifs is 2. The summed E-state index contributed by atoms with van der Waals surface area (Å²) in [5, 5.41) is 14.4. The maximum atomic E-state index is 14.1. The zero-order valence-electron chi connectivity index (χ0n) is 22.1. The number of hydrogen-bond donors (Lipinski definition) is 2. The molecule has 1 aromatic heterocycles. The Kier molecular flexibility index (Phi) is 8.18. The van der Waals surface area contributed by atoms with Crippen LogP contribution in [-0.4, -0.2) is 63.3 Å². The lowest BCUT2D eigenvalue weighted by molar-refractivity contribution is -0.141. The Morgan fingerprint density at radius 1 is 1.05 bits per heavy atom. The normalized spacial score (nSPS) is 19.6. The fourth-order valence-electron chi connectivity index (χ4n) is 5.44. The van der Waals surface area contributed by atoms with Crippen molar-refractivity contribution in [1.29, 1.82) is 0 Å². The Morgan fingerprint density at radius 2 is 1.82 bits per heavy atom. The number of carbonyl (C=O) groups excluding carboxylic acids is 3. The number of aromatic nitrogens is 3. The summed E-state index contributed by atoms with van der Waals surface area (Å²) in [6, 6.07) is 11.8. The minimum absolute atomic E-state index is 0.00326. The minimum Gasteiger partial charge on any atom is -0.354 e. The summed E-state index contributed by atoms with van der Waals surface area (Å²) in [6.07, 6.45) is 3.50. The Hall–Kier alpha value is -4.15. The van der Waals surface area contributed by atoms with E-state index in [0.717, 1.165) is 23.8 Å². The summed E-state index contributed by atoms with van der Waals surface area (Å²) < 4.78 is 29.5. The molecular formula is C29H32F2N6O3. The summed E-state index contributed by atoms with van der Waals surface area (Å²) in [7, 11) is 0. The largest absolute Gasteiger partial charge is 0.354 e. The molecule has 0 unspecified atom stereocenters. The smallest absolute Gasteiger partial charge is 0.242 e. The molecular weight excluding hydrogens is 518 g/mol. The van der Waals surface area contributed by atoms with Crippen molar-refractivity contribution in [3.8, 4) is 0 Å². The van der Waals surface area contributed by atoms with E-state index in [9.17, 15) is 23.2 Å². The summed E-state index contributed by atoms with van der Waals surface area (Å²) in [5.74, 6) is -2.11. The first-order valence-electron chi connectivity index (χ1n) is 13.5. The summed E-state index contributed by atoms with van der Waals surface area (Å²) in [6.45, 7) is 1.52. The molecule has 3 amide bonds. The van der Waals surface area contributed by atoms with Gasteiger partial charge in [-0.3, -0.25) is 19.1 Å².